The van der Waals surface area contributed by atoms with Crippen molar-refractivity contribution in [2.45, 2.75) is 33.0 Å². The number of ether oxygens (including phenoxy) is 1. The van der Waals surface area contributed by atoms with Crippen LogP contribution in [0.25, 0.3) is 0 Å². The van der Waals surface area contributed by atoms with E-state index in [1.54, 1.807) is 6.26 Å². The second kappa shape index (κ2) is 7.68. The predicted octanol–water partition coefficient (Wildman–Crippen LogP) is 4.67. The Bertz CT molecular complexity index is 722. The molecule has 0 aliphatic carbocycles. The maximum Gasteiger partial charge on any atom is 0.213 e. The van der Waals surface area contributed by atoms with Gasteiger partial charge in [-0.2, -0.15) is 0 Å². The van der Waals surface area contributed by atoms with Crippen LogP contribution in [-0.2, 0) is 13.1 Å². The largest absolute Gasteiger partial charge is 0.475 e. The topological polar surface area (TPSA) is 38.5 Å². The number of anilines is 1. The highest BCUT2D eigenvalue weighted by Crippen LogP contribution is 2.22. The molecule has 0 unspecified atom stereocenters. The molecule has 24 heavy (non-hydrogen) atoms. The third-order valence-electron chi connectivity index (χ3n) is 3.59. The van der Waals surface area contributed by atoms with Crippen molar-refractivity contribution in [1.82, 2.24) is 4.98 Å². The fourth-order valence-corrected chi connectivity index (χ4v) is 2.50. The van der Waals surface area contributed by atoms with Crippen molar-refractivity contribution in [3.8, 4) is 5.88 Å². The average Bonchev–Trinajstić information content (AvgIpc) is 3.08. The molecule has 0 N–H and O–H groups in total. The lowest BCUT2D eigenvalue weighted by atomic mass is 10.2. The van der Waals surface area contributed by atoms with E-state index in [1.165, 1.54) is 5.56 Å². The summed E-state index contributed by atoms with van der Waals surface area (Å²) in [5.74, 6) is 1.57. The number of rotatable bonds is 7. The molecule has 3 rings (SSSR count). The lowest BCUT2D eigenvalue weighted by Gasteiger charge is -2.24. The molecule has 0 amide bonds. The normalized spacial score (nSPS) is 10.8. The maximum atomic E-state index is 5.62. The predicted molar refractivity (Wildman–Crippen MR) is 95.0 cm³/mol. The summed E-state index contributed by atoms with van der Waals surface area (Å²) in [4.78, 5) is 6.65. The summed E-state index contributed by atoms with van der Waals surface area (Å²) in [5.41, 5.74) is 2.28. The van der Waals surface area contributed by atoms with E-state index in [2.05, 4.69) is 34.1 Å². The van der Waals surface area contributed by atoms with Crippen LogP contribution in [0.15, 0.2) is 71.5 Å². The molecule has 0 fully saturated rings. The van der Waals surface area contributed by atoms with Gasteiger partial charge in [-0.05, 0) is 37.6 Å². The Labute approximate surface area is 142 Å². The summed E-state index contributed by atoms with van der Waals surface area (Å²) in [5, 5.41) is 0. The van der Waals surface area contributed by atoms with Gasteiger partial charge in [-0.3, -0.25) is 0 Å². The maximum absolute atomic E-state index is 5.62. The van der Waals surface area contributed by atoms with Gasteiger partial charge in [-0.25, -0.2) is 4.98 Å². The molecule has 3 aromatic rings. The number of pyridine rings is 1. The second-order valence-corrected chi connectivity index (χ2v) is 5.94. The third kappa shape index (κ3) is 4.38. The summed E-state index contributed by atoms with van der Waals surface area (Å²) in [6.07, 6.45) is 3.67. The summed E-state index contributed by atoms with van der Waals surface area (Å²) >= 11 is 0. The molecule has 1 aromatic carbocycles. The summed E-state index contributed by atoms with van der Waals surface area (Å²) < 4.78 is 11.1. The van der Waals surface area contributed by atoms with Gasteiger partial charge >= 0.3 is 0 Å². The Hall–Kier alpha value is -2.75. The standard InChI is InChI=1S/C20H22N2O2/c1-16(2)24-20-11-10-18(13-21-20)22(15-19-9-6-12-23-19)14-17-7-4-3-5-8-17/h3-13,16H,14-15H2,1-2H3. The zero-order chi connectivity index (χ0) is 16.8. The van der Waals surface area contributed by atoms with Crippen molar-refractivity contribution < 1.29 is 9.15 Å². The van der Waals surface area contributed by atoms with Crippen LogP contribution in [0.2, 0.25) is 0 Å². The highest BCUT2D eigenvalue weighted by Gasteiger charge is 2.11. The zero-order valence-corrected chi connectivity index (χ0v) is 14.1. The van der Waals surface area contributed by atoms with E-state index in [0.717, 1.165) is 18.0 Å². The van der Waals surface area contributed by atoms with Gasteiger partial charge in [0.15, 0.2) is 0 Å². The highest BCUT2D eigenvalue weighted by molar-refractivity contribution is 5.46. The number of furan rings is 1. The molecular weight excluding hydrogens is 300 g/mol. The molecule has 0 radical (unpaired) electrons. The lowest BCUT2D eigenvalue weighted by molar-refractivity contribution is 0.232. The van der Waals surface area contributed by atoms with Crippen molar-refractivity contribution in [3.63, 3.8) is 0 Å². The van der Waals surface area contributed by atoms with Gasteiger partial charge in [0.25, 0.3) is 0 Å². The number of hydrogen-bond donors (Lipinski definition) is 0. The van der Waals surface area contributed by atoms with E-state index in [0.29, 0.717) is 12.4 Å². The lowest BCUT2D eigenvalue weighted by Crippen LogP contribution is -2.22. The van der Waals surface area contributed by atoms with Gasteiger partial charge in [0.1, 0.15) is 5.76 Å². The number of aromatic nitrogens is 1. The van der Waals surface area contributed by atoms with Gasteiger partial charge in [0.05, 0.1) is 30.8 Å². The first-order chi connectivity index (χ1) is 11.7. The Morgan fingerprint density at radius 2 is 1.83 bits per heavy atom. The van der Waals surface area contributed by atoms with Gasteiger partial charge in [0, 0.05) is 12.6 Å². The van der Waals surface area contributed by atoms with Gasteiger partial charge in [0.2, 0.25) is 5.88 Å². The van der Waals surface area contributed by atoms with E-state index in [-0.39, 0.29) is 6.10 Å². The van der Waals surface area contributed by atoms with Gasteiger partial charge < -0.3 is 14.1 Å². The molecule has 4 heteroatoms. The molecule has 0 saturated carbocycles. The first-order valence-electron chi connectivity index (χ1n) is 8.14. The first-order valence-corrected chi connectivity index (χ1v) is 8.14. The van der Waals surface area contributed by atoms with Crippen LogP contribution in [0.3, 0.4) is 0 Å². The molecule has 0 aliphatic rings. The fraction of sp³-hybridized carbons (Fsp3) is 0.250. The minimum atomic E-state index is 0.117. The Kier molecular flexibility index (Phi) is 5.16. The summed E-state index contributed by atoms with van der Waals surface area (Å²) in [7, 11) is 0. The monoisotopic (exact) mass is 322 g/mol. The van der Waals surface area contributed by atoms with Crippen LogP contribution >= 0.6 is 0 Å². The SMILES string of the molecule is CC(C)Oc1ccc(N(Cc2ccccc2)Cc2ccco2)cn1. The first kappa shape index (κ1) is 16.1. The van der Waals surface area contributed by atoms with E-state index in [4.69, 9.17) is 9.15 Å². The van der Waals surface area contributed by atoms with Crippen molar-refractivity contribution in [3.05, 3.63) is 78.4 Å². The Morgan fingerprint density at radius 1 is 1.00 bits per heavy atom. The van der Waals surface area contributed by atoms with E-state index in [9.17, 15) is 0 Å². The van der Waals surface area contributed by atoms with Crippen LogP contribution in [0, 0.1) is 0 Å². The van der Waals surface area contributed by atoms with Crippen LogP contribution < -0.4 is 9.64 Å². The van der Waals surface area contributed by atoms with E-state index >= 15 is 0 Å². The number of hydrogen-bond acceptors (Lipinski definition) is 4. The second-order valence-electron chi connectivity index (χ2n) is 5.94. The molecule has 124 valence electrons. The molecule has 0 spiro atoms. The van der Waals surface area contributed by atoms with E-state index in [1.807, 2.05) is 50.4 Å². The quantitative estimate of drug-likeness (QED) is 0.633. The molecule has 2 aromatic heterocycles. The molecule has 0 saturated heterocycles. The molecular formula is C20H22N2O2. The van der Waals surface area contributed by atoms with Crippen LogP contribution in [0.4, 0.5) is 5.69 Å². The highest BCUT2D eigenvalue weighted by atomic mass is 16.5. The molecule has 0 atom stereocenters. The smallest absolute Gasteiger partial charge is 0.213 e. The van der Waals surface area contributed by atoms with Crippen LogP contribution in [-0.4, -0.2) is 11.1 Å². The van der Waals surface area contributed by atoms with Gasteiger partial charge in [-0.15, -0.1) is 0 Å². The average molecular weight is 322 g/mol. The van der Waals surface area contributed by atoms with Crippen LogP contribution in [0.5, 0.6) is 5.88 Å². The number of benzene rings is 1. The zero-order valence-electron chi connectivity index (χ0n) is 14.1. The molecule has 0 aliphatic heterocycles. The third-order valence-corrected chi connectivity index (χ3v) is 3.59. The molecule has 0 bridgehead atoms. The van der Waals surface area contributed by atoms with Gasteiger partial charge in [-0.1, -0.05) is 30.3 Å². The molecule has 4 nitrogen and oxygen atoms in total. The van der Waals surface area contributed by atoms with Crippen molar-refractivity contribution in [1.29, 1.82) is 0 Å². The Morgan fingerprint density at radius 3 is 2.46 bits per heavy atom. The summed E-state index contributed by atoms with van der Waals surface area (Å²) in [6, 6.07) is 18.2. The summed E-state index contributed by atoms with van der Waals surface area (Å²) in [6.45, 7) is 5.46. The fourth-order valence-electron chi connectivity index (χ4n) is 2.50. The van der Waals surface area contributed by atoms with Crippen molar-refractivity contribution >= 4 is 5.69 Å². The van der Waals surface area contributed by atoms with E-state index < -0.39 is 0 Å². The minimum absolute atomic E-state index is 0.117. The van der Waals surface area contributed by atoms with Crippen molar-refractivity contribution in [2.24, 2.45) is 0 Å². The Balaban J connectivity index is 1.80. The number of nitrogens with zero attached hydrogens (tertiary/aromatic N) is 2. The van der Waals surface area contributed by atoms with Crippen LogP contribution in [0.1, 0.15) is 25.2 Å². The molecule has 2 heterocycles. The van der Waals surface area contributed by atoms with Crippen molar-refractivity contribution in [2.75, 3.05) is 4.90 Å². The minimum Gasteiger partial charge on any atom is -0.475 e.